The summed E-state index contributed by atoms with van der Waals surface area (Å²) in [6.07, 6.45) is -3.78. The smallest absolute Gasteiger partial charge is 0.419 e. The summed E-state index contributed by atoms with van der Waals surface area (Å²) in [4.78, 5) is 20.9. The van der Waals surface area contributed by atoms with Gasteiger partial charge < -0.3 is 15.0 Å². The number of nitrogens with one attached hydrogen (secondary N) is 1. The molecule has 1 aromatic carbocycles. The van der Waals surface area contributed by atoms with Crippen LogP contribution < -0.4 is 10.1 Å². The summed E-state index contributed by atoms with van der Waals surface area (Å²) in [5.74, 6) is 0.135. The molecular weight excluding hydrogens is 337 g/mol. The third-order valence-electron chi connectivity index (χ3n) is 3.39. The zero-order chi connectivity index (χ0) is 18.8. The number of aromatic nitrogens is 2. The Labute approximate surface area is 142 Å². The molecule has 0 aliphatic rings. The molecule has 2 rings (SSSR count). The van der Waals surface area contributed by atoms with Gasteiger partial charge in [0.15, 0.2) is 0 Å². The van der Waals surface area contributed by atoms with E-state index in [1.807, 2.05) is 0 Å². The molecule has 0 spiro atoms. The van der Waals surface area contributed by atoms with Gasteiger partial charge in [0.25, 0.3) is 5.91 Å². The number of benzene rings is 1. The van der Waals surface area contributed by atoms with Crippen molar-refractivity contribution in [2.75, 3.05) is 26.5 Å². The van der Waals surface area contributed by atoms with Crippen LogP contribution in [0, 0.1) is 6.92 Å². The lowest BCUT2D eigenvalue weighted by Crippen LogP contribution is -2.21. The van der Waals surface area contributed by atoms with Crippen molar-refractivity contribution < 1.29 is 22.7 Å². The van der Waals surface area contributed by atoms with Crippen molar-refractivity contribution in [1.29, 1.82) is 0 Å². The number of hydrogen-bond acceptors (Lipinski definition) is 5. The first kappa shape index (κ1) is 18.5. The Balaban J connectivity index is 2.31. The predicted octanol–water partition coefficient (Wildman–Crippen LogP) is 3.26. The van der Waals surface area contributed by atoms with Gasteiger partial charge in [-0.05, 0) is 25.1 Å². The van der Waals surface area contributed by atoms with Crippen LogP contribution in [0.5, 0.6) is 5.75 Å². The van der Waals surface area contributed by atoms with Crippen LogP contribution in [0.15, 0.2) is 24.4 Å². The van der Waals surface area contributed by atoms with Gasteiger partial charge in [-0.3, -0.25) is 4.79 Å². The molecule has 1 N–H and O–H groups in total. The van der Waals surface area contributed by atoms with Gasteiger partial charge in [0.1, 0.15) is 5.75 Å². The van der Waals surface area contributed by atoms with Gasteiger partial charge in [0.2, 0.25) is 5.95 Å². The van der Waals surface area contributed by atoms with Crippen molar-refractivity contribution in [3.63, 3.8) is 0 Å². The highest BCUT2D eigenvalue weighted by atomic mass is 19.4. The lowest BCUT2D eigenvalue weighted by atomic mass is 10.1. The van der Waals surface area contributed by atoms with Crippen molar-refractivity contribution in [3.8, 4) is 5.75 Å². The third kappa shape index (κ3) is 4.17. The van der Waals surface area contributed by atoms with E-state index in [2.05, 4.69) is 15.3 Å². The summed E-state index contributed by atoms with van der Waals surface area (Å²) >= 11 is 0. The molecule has 0 aliphatic heterocycles. The number of carbonyl (C=O) groups excluding carboxylic acids is 1. The molecule has 2 aromatic rings. The largest absolute Gasteiger partial charge is 0.495 e. The molecule has 0 fully saturated rings. The van der Waals surface area contributed by atoms with Crippen molar-refractivity contribution >= 4 is 17.5 Å². The second-order valence-electron chi connectivity index (χ2n) is 5.43. The number of aryl methyl sites for hydroxylation is 1. The normalized spacial score (nSPS) is 11.2. The van der Waals surface area contributed by atoms with Crippen LogP contribution in [-0.2, 0) is 6.18 Å². The monoisotopic (exact) mass is 354 g/mol. The van der Waals surface area contributed by atoms with Crippen LogP contribution in [0.2, 0.25) is 0 Å². The topological polar surface area (TPSA) is 67.3 Å². The van der Waals surface area contributed by atoms with E-state index < -0.39 is 11.7 Å². The second kappa shape index (κ2) is 6.96. The summed E-state index contributed by atoms with van der Waals surface area (Å²) in [5, 5.41) is 2.80. The second-order valence-corrected chi connectivity index (χ2v) is 5.43. The molecule has 0 atom stereocenters. The van der Waals surface area contributed by atoms with Gasteiger partial charge >= 0.3 is 6.18 Å². The first-order valence-electron chi connectivity index (χ1n) is 7.21. The minimum absolute atomic E-state index is 0.00418. The van der Waals surface area contributed by atoms with Crippen molar-refractivity contribution in [3.05, 3.63) is 41.2 Å². The number of amides is 1. The zero-order valence-corrected chi connectivity index (χ0v) is 14.1. The molecule has 0 saturated heterocycles. The van der Waals surface area contributed by atoms with Gasteiger partial charge in [-0.1, -0.05) is 0 Å². The number of nitrogens with zero attached hydrogens (tertiary/aromatic N) is 3. The minimum Gasteiger partial charge on any atom is -0.495 e. The Bertz CT molecular complexity index is 791. The van der Waals surface area contributed by atoms with E-state index in [1.54, 1.807) is 26.2 Å². The van der Waals surface area contributed by atoms with E-state index in [0.29, 0.717) is 17.0 Å². The molecule has 1 amide bonds. The molecule has 9 heteroatoms. The lowest BCUT2D eigenvalue weighted by Gasteiger charge is -2.15. The number of rotatable bonds is 4. The highest BCUT2D eigenvalue weighted by Gasteiger charge is 2.33. The van der Waals surface area contributed by atoms with Crippen LogP contribution in [-0.4, -0.2) is 42.0 Å². The Hall–Kier alpha value is -2.84. The molecule has 0 radical (unpaired) electrons. The Morgan fingerprint density at radius 2 is 1.96 bits per heavy atom. The van der Waals surface area contributed by atoms with Gasteiger partial charge in [-0.15, -0.1) is 0 Å². The van der Waals surface area contributed by atoms with Gasteiger partial charge in [-0.2, -0.15) is 13.2 Å². The van der Waals surface area contributed by atoms with Crippen LogP contribution in [0.1, 0.15) is 21.6 Å². The Morgan fingerprint density at radius 1 is 1.28 bits per heavy atom. The van der Waals surface area contributed by atoms with Crippen LogP contribution in [0.25, 0.3) is 0 Å². The first-order chi connectivity index (χ1) is 11.6. The highest BCUT2D eigenvalue weighted by Crippen LogP contribution is 2.32. The number of ether oxygens (including phenoxy) is 1. The molecule has 0 unspecified atom stereocenters. The van der Waals surface area contributed by atoms with E-state index in [0.717, 1.165) is 6.20 Å². The fourth-order valence-electron chi connectivity index (χ4n) is 2.11. The number of alkyl halides is 3. The molecule has 1 heterocycles. The maximum absolute atomic E-state index is 12.8. The van der Waals surface area contributed by atoms with Crippen molar-refractivity contribution in [1.82, 2.24) is 14.9 Å². The molecule has 25 heavy (non-hydrogen) atoms. The summed E-state index contributed by atoms with van der Waals surface area (Å²) in [7, 11) is 4.67. The van der Waals surface area contributed by atoms with Gasteiger partial charge in [0, 0.05) is 25.9 Å². The molecule has 0 saturated carbocycles. The van der Waals surface area contributed by atoms with Crippen molar-refractivity contribution in [2.24, 2.45) is 0 Å². The fraction of sp³-hybridized carbons (Fsp3) is 0.312. The predicted molar refractivity (Wildman–Crippen MR) is 86.1 cm³/mol. The summed E-state index contributed by atoms with van der Waals surface area (Å²) in [6, 6.07) is 4.68. The Kier molecular flexibility index (Phi) is 5.15. The lowest BCUT2D eigenvalue weighted by molar-refractivity contribution is -0.138. The molecule has 0 aliphatic carbocycles. The molecule has 134 valence electrons. The van der Waals surface area contributed by atoms with E-state index in [9.17, 15) is 18.0 Å². The fourth-order valence-corrected chi connectivity index (χ4v) is 2.11. The Morgan fingerprint density at radius 3 is 2.48 bits per heavy atom. The van der Waals surface area contributed by atoms with Crippen LogP contribution in [0.3, 0.4) is 0 Å². The van der Waals surface area contributed by atoms with E-state index in [4.69, 9.17) is 4.74 Å². The third-order valence-corrected chi connectivity index (χ3v) is 3.39. The zero-order valence-electron chi connectivity index (χ0n) is 14.1. The quantitative estimate of drug-likeness (QED) is 0.913. The van der Waals surface area contributed by atoms with E-state index >= 15 is 0 Å². The molecule has 6 nitrogen and oxygen atoms in total. The highest BCUT2D eigenvalue weighted by molar-refractivity contribution is 5.95. The average Bonchev–Trinajstić information content (AvgIpc) is 2.53. The SMILES string of the molecule is COc1cc(C(=O)N(C)C)ccc1Nc1ncc(C(F)(F)F)c(C)n1. The maximum atomic E-state index is 12.8. The standard InChI is InChI=1S/C16H17F3N4O2/c1-9-11(16(17,18)19)8-20-15(21-9)22-12-6-5-10(7-13(12)25-4)14(24)23(2)3/h5-8H,1-4H3,(H,20,21,22). The van der Waals surface area contributed by atoms with Crippen LogP contribution in [0.4, 0.5) is 24.8 Å². The number of anilines is 2. The number of carbonyl (C=O) groups is 1. The van der Waals surface area contributed by atoms with Crippen LogP contribution >= 0.6 is 0 Å². The summed E-state index contributed by atoms with van der Waals surface area (Å²) < 4.78 is 43.5. The van der Waals surface area contributed by atoms with Gasteiger partial charge in [0.05, 0.1) is 24.1 Å². The number of halogens is 3. The summed E-state index contributed by atoms with van der Waals surface area (Å²) in [5.41, 5.74) is -0.241. The summed E-state index contributed by atoms with van der Waals surface area (Å²) in [6.45, 7) is 1.26. The average molecular weight is 354 g/mol. The minimum atomic E-state index is -4.51. The molecule has 0 bridgehead atoms. The van der Waals surface area contributed by atoms with Gasteiger partial charge in [-0.25, -0.2) is 9.97 Å². The first-order valence-corrected chi connectivity index (χ1v) is 7.21. The molecule has 1 aromatic heterocycles. The van der Waals surface area contributed by atoms with E-state index in [-0.39, 0.29) is 17.5 Å². The maximum Gasteiger partial charge on any atom is 0.419 e. The number of methoxy groups -OCH3 is 1. The number of hydrogen-bond donors (Lipinski definition) is 1. The van der Waals surface area contributed by atoms with Crippen molar-refractivity contribution in [2.45, 2.75) is 13.1 Å². The van der Waals surface area contributed by atoms with E-state index in [1.165, 1.54) is 25.0 Å². The molecular formula is C16H17F3N4O2.